The van der Waals surface area contributed by atoms with Crippen LogP contribution in [0.25, 0.3) is 0 Å². The summed E-state index contributed by atoms with van der Waals surface area (Å²) in [6, 6.07) is 17.3. The number of unbranched alkanes of at least 4 members (excludes halogenated alkanes) is 1. The molecule has 0 aromatic heterocycles. The average Bonchev–Trinajstić information content (AvgIpc) is 2.59. The summed E-state index contributed by atoms with van der Waals surface area (Å²) in [5.41, 5.74) is 6.07. The van der Waals surface area contributed by atoms with Gasteiger partial charge in [-0.2, -0.15) is 0 Å². The largest absolute Gasteiger partial charge is 0.362 e. The van der Waals surface area contributed by atoms with E-state index in [2.05, 4.69) is 51.0 Å². The van der Waals surface area contributed by atoms with Crippen molar-refractivity contribution in [1.29, 1.82) is 0 Å². The molecule has 0 aliphatic rings. The van der Waals surface area contributed by atoms with Crippen molar-refractivity contribution in [3.05, 3.63) is 70.2 Å². The van der Waals surface area contributed by atoms with Gasteiger partial charge in [-0.3, -0.25) is 0 Å². The van der Waals surface area contributed by atoms with Gasteiger partial charge < -0.3 is 4.84 Å². The van der Waals surface area contributed by atoms with E-state index < -0.39 is 5.97 Å². The van der Waals surface area contributed by atoms with Crippen LogP contribution >= 0.6 is 26.9 Å². The van der Waals surface area contributed by atoms with Gasteiger partial charge in [0.25, 0.3) is 0 Å². The summed E-state index contributed by atoms with van der Waals surface area (Å²) in [4.78, 5) is 16.6. The molecule has 0 aliphatic heterocycles. The first-order valence-electron chi connectivity index (χ1n) is 7.31. The number of nitrogens with one attached hydrogen (secondary N) is 1. The summed E-state index contributed by atoms with van der Waals surface area (Å²) >= 11 is 3.43. The topological polar surface area (TPSA) is 38.3 Å². The van der Waals surface area contributed by atoms with Crippen molar-refractivity contribution in [3.8, 4) is 0 Å². The minimum atomic E-state index is -0.391. The molecule has 0 unspecified atom stereocenters. The molecule has 0 bridgehead atoms. The van der Waals surface area contributed by atoms with Crippen molar-refractivity contribution in [2.24, 2.45) is 0 Å². The number of carbonyl (C=O) groups is 1. The zero-order valence-electron chi connectivity index (χ0n) is 12.6. The predicted molar refractivity (Wildman–Crippen MR) is 102 cm³/mol. The van der Waals surface area contributed by atoms with E-state index in [1.165, 1.54) is 16.5 Å². The molecule has 2 aromatic rings. The Morgan fingerprint density at radius 3 is 2.61 bits per heavy atom. The van der Waals surface area contributed by atoms with Gasteiger partial charge in [0.1, 0.15) is 0 Å². The second-order valence-corrected chi connectivity index (χ2v) is 6.57. The second-order valence-electron chi connectivity index (χ2n) is 4.81. The number of carbonyl (C=O) groups excluding carboxylic acids is 1. The molecule has 0 amide bonds. The lowest BCUT2D eigenvalue weighted by atomic mass is 10.1. The maximum Gasteiger partial charge on any atom is 0.357 e. The van der Waals surface area contributed by atoms with E-state index in [4.69, 9.17) is 4.84 Å². The molecule has 0 heterocycles. The van der Waals surface area contributed by atoms with Crippen LogP contribution in [0.3, 0.4) is 0 Å². The molecule has 23 heavy (non-hydrogen) atoms. The average molecular weight is 392 g/mol. The van der Waals surface area contributed by atoms with Crippen LogP contribution in [-0.2, 0) is 11.3 Å². The summed E-state index contributed by atoms with van der Waals surface area (Å²) in [7, 11) is 1.48. The van der Waals surface area contributed by atoms with Crippen LogP contribution in [0.2, 0.25) is 0 Å². The van der Waals surface area contributed by atoms with Crippen LogP contribution in [0.15, 0.2) is 59.1 Å². The van der Waals surface area contributed by atoms with Crippen LogP contribution in [0, 0.1) is 0 Å². The highest BCUT2D eigenvalue weighted by Crippen LogP contribution is 2.12. The minimum absolute atomic E-state index is 0.391. The standard InChI is InChI=1S/C18H18BrNO2S/c19-17-11-9-15(10-12-17)6-4-5-13-23-14-20-22-18(21)16-7-2-1-3-8-16/h1-3,7-14,20H,4-6H2. The SMILES string of the molecule is O=C(ONC=S=CCCCc1ccc(Br)cc1)c1ccccc1. The summed E-state index contributed by atoms with van der Waals surface area (Å²) in [6.07, 6.45) is 3.14. The van der Waals surface area contributed by atoms with Gasteiger partial charge >= 0.3 is 5.97 Å². The zero-order chi connectivity index (χ0) is 16.3. The summed E-state index contributed by atoms with van der Waals surface area (Å²) < 4.78 is 1.11. The normalized spacial score (nSPS) is 9.96. The van der Waals surface area contributed by atoms with Crippen LogP contribution < -0.4 is 5.48 Å². The lowest BCUT2D eigenvalue weighted by Crippen LogP contribution is -2.17. The summed E-state index contributed by atoms with van der Waals surface area (Å²) in [5.74, 6) is -0.391. The van der Waals surface area contributed by atoms with Gasteiger partial charge in [-0.1, -0.05) is 46.3 Å². The Morgan fingerprint density at radius 2 is 1.87 bits per heavy atom. The van der Waals surface area contributed by atoms with Crippen LogP contribution in [0.4, 0.5) is 0 Å². The number of aryl methyl sites for hydroxylation is 1. The monoisotopic (exact) mass is 391 g/mol. The van der Waals surface area contributed by atoms with Gasteiger partial charge in [0.2, 0.25) is 0 Å². The van der Waals surface area contributed by atoms with Crippen molar-refractivity contribution < 1.29 is 9.63 Å². The number of rotatable bonds is 7. The Bertz CT molecular complexity index is 680. The van der Waals surface area contributed by atoms with E-state index in [1.54, 1.807) is 29.8 Å². The Labute approximate surface area is 148 Å². The molecule has 0 saturated heterocycles. The van der Waals surface area contributed by atoms with Crippen molar-refractivity contribution in [2.75, 3.05) is 0 Å². The molecular weight excluding hydrogens is 374 g/mol. The Morgan fingerprint density at radius 1 is 1.13 bits per heavy atom. The second kappa shape index (κ2) is 10.2. The Balaban J connectivity index is 1.63. The Hall–Kier alpha value is -1.69. The van der Waals surface area contributed by atoms with E-state index in [-0.39, 0.29) is 0 Å². The fourth-order valence-electron chi connectivity index (χ4n) is 1.90. The van der Waals surface area contributed by atoms with Gasteiger partial charge in [-0.05, 0) is 54.5 Å². The maximum atomic E-state index is 11.6. The van der Waals surface area contributed by atoms with Crippen molar-refractivity contribution in [3.63, 3.8) is 0 Å². The molecule has 5 heteroatoms. The first kappa shape index (κ1) is 17.7. The lowest BCUT2D eigenvalue weighted by molar-refractivity contribution is 0.0398. The molecule has 0 spiro atoms. The molecular formula is C18H18BrNO2S. The van der Waals surface area contributed by atoms with E-state index in [0.717, 1.165) is 23.7 Å². The fourth-order valence-corrected chi connectivity index (χ4v) is 2.66. The molecule has 3 nitrogen and oxygen atoms in total. The molecule has 0 atom stereocenters. The molecule has 2 aromatic carbocycles. The van der Waals surface area contributed by atoms with Crippen molar-refractivity contribution in [2.45, 2.75) is 19.3 Å². The van der Waals surface area contributed by atoms with E-state index in [0.29, 0.717) is 5.56 Å². The quantitative estimate of drug-likeness (QED) is 0.431. The third-order valence-corrected chi connectivity index (χ3v) is 4.26. The number of hydrogen-bond donors (Lipinski definition) is 1. The lowest BCUT2D eigenvalue weighted by Gasteiger charge is -2.00. The minimum Gasteiger partial charge on any atom is -0.362 e. The van der Waals surface area contributed by atoms with Crippen LogP contribution in [0.1, 0.15) is 28.8 Å². The third-order valence-electron chi connectivity index (χ3n) is 3.07. The van der Waals surface area contributed by atoms with E-state index >= 15 is 0 Å². The number of hydroxylamine groups is 1. The zero-order valence-corrected chi connectivity index (χ0v) is 15.0. The van der Waals surface area contributed by atoms with E-state index in [9.17, 15) is 4.79 Å². The van der Waals surface area contributed by atoms with Gasteiger partial charge in [0.05, 0.1) is 11.1 Å². The highest BCUT2D eigenvalue weighted by Gasteiger charge is 2.03. The molecule has 0 saturated carbocycles. The van der Waals surface area contributed by atoms with Crippen molar-refractivity contribution in [1.82, 2.24) is 5.48 Å². The maximum absolute atomic E-state index is 11.6. The number of benzene rings is 2. The van der Waals surface area contributed by atoms with Gasteiger partial charge in [-0.25, -0.2) is 4.79 Å². The fraction of sp³-hybridized carbons (Fsp3) is 0.167. The Kier molecular flexibility index (Phi) is 7.80. The molecule has 1 N–H and O–H groups in total. The van der Waals surface area contributed by atoms with Gasteiger partial charge in [0.15, 0.2) is 0 Å². The molecule has 0 aliphatic carbocycles. The summed E-state index contributed by atoms with van der Waals surface area (Å²) in [5, 5.41) is 2.09. The molecule has 0 fully saturated rings. The highest BCUT2D eigenvalue weighted by atomic mass is 79.9. The predicted octanol–water partition coefficient (Wildman–Crippen LogP) is 4.43. The van der Waals surface area contributed by atoms with Crippen molar-refractivity contribution >= 4 is 43.7 Å². The first-order chi connectivity index (χ1) is 11.3. The number of halogens is 1. The first-order valence-corrected chi connectivity index (χ1v) is 9.04. The van der Waals surface area contributed by atoms with Crippen LogP contribution in [-0.4, -0.2) is 16.8 Å². The van der Waals surface area contributed by atoms with Gasteiger partial charge in [0, 0.05) is 4.47 Å². The smallest absolute Gasteiger partial charge is 0.357 e. The molecule has 2 rings (SSSR count). The third kappa shape index (κ3) is 6.95. The van der Waals surface area contributed by atoms with Gasteiger partial charge in [-0.15, -0.1) is 16.4 Å². The van der Waals surface area contributed by atoms with E-state index in [1.807, 2.05) is 6.07 Å². The van der Waals surface area contributed by atoms with Crippen LogP contribution in [0.5, 0.6) is 0 Å². The molecule has 0 radical (unpaired) electrons. The highest BCUT2D eigenvalue weighted by molar-refractivity contribution is 9.10. The molecule has 120 valence electrons. The number of hydrogen-bond acceptors (Lipinski definition) is 2. The summed E-state index contributed by atoms with van der Waals surface area (Å²) in [6.45, 7) is 0.